The predicted molar refractivity (Wildman–Crippen MR) is 91.5 cm³/mol. The highest BCUT2D eigenvalue weighted by Gasteiger charge is 2.54. The highest BCUT2D eigenvalue weighted by molar-refractivity contribution is 5.60. The number of hydrogen-bond donors (Lipinski definition) is 2. The quantitative estimate of drug-likeness (QED) is 0.905. The number of anilines is 1. The van der Waals surface area contributed by atoms with Gasteiger partial charge < -0.3 is 10.4 Å². The minimum Gasteiger partial charge on any atom is -0.396 e. The van der Waals surface area contributed by atoms with Crippen LogP contribution in [0.4, 0.5) is 5.82 Å². The number of rotatable bonds is 4. The Labute approximate surface area is 141 Å². The summed E-state index contributed by atoms with van der Waals surface area (Å²) in [6.45, 7) is 0.323. The Balaban J connectivity index is 1.48. The zero-order valence-corrected chi connectivity index (χ0v) is 13.7. The van der Waals surface area contributed by atoms with E-state index in [1.54, 1.807) is 12.4 Å². The normalized spacial score (nSPS) is 30.0. The van der Waals surface area contributed by atoms with Gasteiger partial charge in [0, 0.05) is 41.9 Å². The van der Waals surface area contributed by atoms with E-state index in [2.05, 4.69) is 10.3 Å². The topological polar surface area (TPSA) is 70.9 Å². The molecule has 0 unspecified atom stereocenters. The molecule has 3 aliphatic rings. The van der Waals surface area contributed by atoms with Crippen molar-refractivity contribution in [2.45, 2.75) is 38.1 Å². The number of nitrogens with zero attached hydrogens (tertiary/aromatic N) is 3. The minimum atomic E-state index is 0.323. The zero-order chi connectivity index (χ0) is 16.1. The Morgan fingerprint density at radius 1 is 1.08 bits per heavy atom. The third-order valence-electron chi connectivity index (χ3n) is 6.00. The molecule has 24 heavy (non-hydrogen) atoms. The van der Waals surface area contributed by atoms with Crippen LogP contribution in [-0.4, -0.2) is 32.7 Å². The second-order valence-electron chi connectivity index (χ2n) is 7.40. The number of aliphatic hydroxyl groups excluding tert-OH is 1. The fraction of sp³-hybridized carbons (Fsp3) is 0.526. The second kappa shape index (κ2) is 5.52. The SMILES string of the molecule is OC[C@@H]1C[C@H](Nc2nc(-c3ccncc3)nc3c2CCC3)[C@H]2C[C@@H]12. The van der Waals surface area contributed by atoms with E-state index in [4.69, 9.17) is 9.97 Å². The first-order valence-electron chi connectivity index (χ1n) is 9.01. The van der Waals surface area contributed by atoms with Crippen LogP contribution in [0.15, 0.2) is 24.5 Å². The van der Waals surface area contributed by atoms with Gasteiger partial charge in [-0.25, -0.2) is 9.97 Å². The molecule has 5 nitrogen and oxygen atoms in total. The van der Waals surface area contributed by atoms with E-state index in [1.807, 2.05) is 12.1 Å². The molecule has 2 fully saturated rings. The Bertz CT molecular complexity index is 763. The molecule has 2 aromatic heterocycles. The molecule has 2 aromatic rings. The molecule has 0 aromatic carbocycles. The molecular formula is C19H22N4O. The Hall–Kier alpha value is -2.01. The summed E-state index contributed by atoms with van der Waals surface area (Å²) in [5.41, 5.74) is 3.52. The van der Waals surface area contributed by atoms with Crippen molar-refractivity contribution in [1.29, 1.82) is 0 Å². The molecule has 5 heteroatoms. The first-order chi connectivity index (χ1) is 11.8. The third-order valence-corrected chi connectivity index (χ3v) is 6.00. The van der Waals surface area contributed by atoms with E-state index in [0.717, 1.165) is 54.7 Å². The van der Waals surface area contributed by atoms with Gasteiger partial charge in [-0.15, -0.1) is 0 Å². The van der Waals surface area contributed by atoms with Crippen LogP contribution in [0, 0.1) is 17.8 Å². The fourth-order valence-electron chi connectivity index (χ4n) is 4.65. The molecule has 5 rings (SSSR count). The fourth-order valence-corrected chi connectivity index (χ4v) is 4.65. The highest BCUT2D eigenvalue weighted by atomic mass is 16.3. The van der Waals surface area contributed by atoms with Crippen molar-refractivity contribution < 1.29 is 5.11 Å². The highest BCUT2D eigenvalue weighted by Crippen LogP contribution is 2.56. The van der Waals surface area contributed by atoms with Crippen LogP contribution in [0.3, 0.4) is 0 Å². The molecule has 3 aliphatic carbocycles. The summed E-state index contributed by atoms with van der Waals surface area (Å²) in [7, 11) is 0. The van der Waals surface area contributed by atoms with Crippen molar-refractivity contribution >= 4 is 5.82 Å². The summed E-state index contributed by atoms with van der Waals surface area (Å²) >= 11 is 0. The number of hydrogen-bond acceptors (Lipinski definition) is 5. The number of nitrogens with one attached hydrogen (secondary N) is 1. The molecule has 4 atom stereocenters. The zero-order valence-electron chi connectivity index (χ0n) is 13.7. The monoisotopic (exact) mass is 322 g/mol. The van der Waals surface area contributed by atoms with E-state index in [9.17, 15) is 5.11 Å². The number of aromatic nitrogens is 3. The van der Waals surface area contributed by atoms with Crippen LogP contribution in [-0.2, 0) is 12.8 Å². The lowest BCUT2D eigenvalue weighted by atomic mass is 10.0. The van der Waals surface area contributed by atoms with E-state index in [1.165, 1.54) is 17.7 Å². The standard InChI is InChI=1S/C19H22N4O/c24-10-12-8-17(15-9-14(12)15)22-19-13-2-1-3-16(13)21-18(23-19)11-4-6-20-7-5-11/h4-7,12,14-15,17,24H,1-3,8-10H2,(H,21,22,23)/t12-,14-,15-,17-/m0/s1. The van der Waals surface area contributed by atoms with E-state index < -0.39 is 0 Å². The van der Waals surface area contributed by atoms with Crippen LogP contribution in [0.1, 0.15) is 30.5 Å². The van der Waals surface area contributed by atoms with Gasteiger partial charge in [-0.05, 0) is 62.0 Å². The first kappa shape index (κ1) is 14.3. The summed E-state index contributed by atoms with van der Waals surface area (Å²) in [5, 5.41) is 13.3. The van der Waals surface area contributed by atoms with Gasteiger partial charge in [-0.1, -0.05) is 0 Å². The first-order valence-corrected chi connectivity index (χ1v) is 9.01. The van der Waals surface area contributed by atoms with Crippen LogP contribution in [0.2, 0.25) is 0 Å². The number of fused-ring (bicyclic) bond motifs is 2. The molecule has 2 N–H and O–H groups in total. The van der Waals surface area contributed by atoms with Gasteiger partial charge in [0.05, 0.1) is 0 Å². The predicted octanol–water partition coefficient (Wildman–Crippen LogP) is 2.46. The molecule has 0 aliphatic heterocycles. The molecular weight excluding hydrogens is 300 g/mol. The Morgan fingerprint density at radius 3 is 2.75 bits per heavy atom. The molecule has 0 saturated heterocycles. The summed E-state index contributed by atoms with van der Waals surface area (Å²) in [6.07, 6.45) is 9.17. The minimum absolute atomic E-state index is 0.323. The molecule has 0 spiro atoms. The lowest BCUT2D eigenvalue weighted by molar-refractivity contribution is 0.213. The molecule has 0 amide bonds. The van der Waals surface area contributed by atoms with Gasteiger partial charge >= 0.3 is 0 Å². The molecule has 0 radical (unpaired) electrons. The van der Waals surface area contributed by atoms with Crippen molar-refractivity contribution in [3.8, 4) is 11.4 Å². The molecule has 2 heterocycles. The van der Waals surface area contributed by atoms with Crippen LogP contribution < -0.4 is 5.32 Å². The maximum Gasteiger partial charge on any atom is 0.161 e. The van der Waals surface area contributed by atoms with Crippen molar-refractivity contribution in [2.75, 3.05) is 11.9 Å². The Morgan fingerprint density at radius 2 is 1.96 bits per heavy atom. The van der Waals surface area contributed by atoms with E-state index in [0.29, 0.717) is 18.6 Å². The van der Waals surface area contributed by atoms with Gasteiger partial charge in [0.25, 0.3) is 0 Å². The van der Waals surface area contributed by atoms with Gasteiger partial charge in [-0.3, -0.25) is 4.98 Å². The summed E-state index contributed by atoms with van der Waals surface area (Å²) in [5.74, 6) is 3.74. The molecule has 0 bridgehead atoms. The largest absolute Gasteiger partial charge is 0.396 e. The van der Waals surface area contributed by atoms with Crippen LogP contribution in [0.25, 0.3) is 11.4 Å². The lowest BCUT2D eigenvalue weighted by Crippen LogP contribution is -2.23. The lowest BCUT2D eigenvalue weighted by Gasteiger charge is -2.20. The average Bonchev–Trinajstić information content (AvgIpc) is 3.13. The maximum absolute atomic E-state index is 9.54. The van der Waals surface area contributed by atoms with E-state index >= 15 is 0 Å². The maximum atomic E-state index is 9.54. The summed E-state index contributed by atoms with van der Waals surface area (Å²) in [6, 6.07) is 4.39. The summed E-state index contributed by atoms with van der Waals surface area (Å²) in [4.78, 5) is 13.8. The van der Waals surface area contributed by atoms with Gasteiger partial charge in [0.1, 0.15) is 5.82 Å². The Kier molecular flexibility index (Phi) is 3.30. The van der Waals surface area contributed by atoms with Crippen molar-refractivity contribution in [3.63, 3.8) is 0 Å². The number of aryl methyl sites for hydroxylation is 1. The smallest absolute Gasteiger partial charge is 0.161 e. The van der Waals surface area contributed by atoms with E-state index in [-0.39, 0.29) is 0 Å². The van der Waals surface area contributed by atoms with Crippen LogP contribution in [0.5, 0.6) is 0 Å². The van der Waals surface area contributed by atoms with Crippen LogP contribution >= 0.6 is 0 Å². The van der Waals surface area contributed by atoms with Gasteiger partial charge in [-0.2, -0.15) is 0 Å². The van der Waals surface area contributed by atoms with Gasteiger partial charge in [0.2, 0.25) is 0 Å². The summed E-state index contributed by atoms with van der Waals surface area (Å²) < 4.78 is 0. The number of pyridine rings is 1. The van der Waals surface area contributed by atoms with Gasteiger partial charge in [0.15, 0.2) is 5.82 Å². The van der Waals surface area contributed by atoms with Crippen molar-refractivity contribution in [1.82, 2.24) is 15.0 Å². The molecule has 2 saturated carbocycles. The number of aliphatic hydroxyl groups is 1. The van der Waals surface area contributed by atoms with Crippen molar-refractivity contribution in [2.24, 2.45) is 17.8 Å². The average molecular weight is 322 g/mol. The van der Waals surface area contributed by atoms with Crippen molar-refractivity contribution in [3.05, 3.63) is 35.8 Å². The second-order valence-corrected chi connectivity index (χ2v) is 7.40. The molecule has 124 valence electrons. The third kappa shape index (κ3) is 2.30.